The van der Waals surface area contributed by atoms with Gasteiger partial charge in [0.15, 0.2) is 0 Å². The number of rotatable bonds is 4. The molecule has 0 saturated heterocycles. The van der Waals surface area contributed by atoms with Crippen LogP contribution in [0.15, 0.2) is 28.7 Å². The number of hydrogen-bond donors (Lipinski definition) is 1. The fourth-order valence-electron chi connectivity index (χ4n) is 1.14. The summed E-state index contributed by atoms with van der Waals surface area (Å²) in [6.07, 6.45) is 3.80. The monoisotopic (exact) mass is 284 g/mol. The molecule has 16 heavy (non-hydrogen) atoms. The van der Waals surface area contributed by atoms with Crippen LogP contribution in [0.25, 0.3) is 6.08 Å². The van der Waals surface area contributed by atoms with Crippen molar-refractivity contribution in [2.24, 2.45) is 0 Å². The zero-order valence-corrected chi connectivity index (χ0v) is 10.5. The van der Waals surface area contributed by atoms with E-state index in [2.05, 4.69) is 15.9 Å². The van der Waals surface area contributed by atoms with Crippen LogP contribution >= 0.6 is 15.9 Å². The standard InChI is InChI=1S/C12H13BrO3/c1-2-16-12(15)5-3-4-9-6-7-11(14)10(13)8-9/h3-4,6-8,14H,2,5H2,1H3. The minimum absolute atomic E-state index is 0.197. The Kier molecular flexibility index (Phi) is 5.05. The Balaban J connectivity index is 2.56. The summed E-state index contributed by atoms with van der Waals surface area (Å²) < 4.78 is 5.41. The summed E-state index contributed by atoms with van der Waals surface area (Å²) in [6, 6.07) is 5.13. The van der Waals surface area contributed by atoms with Crippen LogP contribution in [0.1, 0.15) is 18.9 Å². The summed E-state index contributed by atoms with van der Waals surface area (Å²) in [7, 11) is 0. The van der Waals surface area contributed by atoms with Crippen molar-refractivity contribution in [1.82, 2.24) is 0 Å². The molecule has 4 heteroatoms. The Morgan fingerprint density at radius 2 is 2.31 bits per heavy atom. The van der Waals surface area contributed by atoms with Gasteiger partial charge in [-0.15, -0.1) is 0 Å². The van der Waals surface area contributed by atoms with Crippen molar-refractivity contribution in [3.8, 4) is 5.75 Å². The van der Waals surface area contributed by atoms with Crippen LogP contribution in [-0.2, 0) is 9.53 Å². The van der Waals surface area contributed by atoms with Gasteiger partial charge in [0.05, 0.1) is 17.5 Å². The lowest BCUT2D eigenvalue weighted by atomic mass is 10.2. The van der Waals surface area contributed by atoms with Crippen molar-refractivity contribution in [1.29, 1.82) is 0 Å². The van der Waals surface area contributed by atoms with E-state index in [1.165, 1.54) is 0 Å². The second kappa shape index (κ2) is 6.33. The van der Waals surface area contributed by atoms with E-state index in [1.54, 1.807) is 37.3 Å². The third-order valence-corrected chi connectivity index (χ3v) is 2.51. The zero-order chi connectivity index (χ0) is 12.0. The van der Waals surface area contributed by atoms with Gasteiger partial charge in [-0.25, -0.2) is 0 Å². The Morgan fingerprint density at radius 1 is 1.56 bits per heavy atom. The Morgan fingerprint density at radius 3 is 2.94 bits per heavy atom. The summed E-state index contributed by atoms with van der Waals surface area (Å²) >= 11 is 3.22. The first-order chi connectivity index (χ1) is 7.63. The number of hydrogen-bond acceptors (Lipinski definition) is 3. The van der Waals surface area contributed by atoms with Crippen molar-refractivity contribution in [3.05, 3.63) is 34.3 Å². The molecule has 1 aromatic carbocycles. The van der Waals surface area contributed by atoms with Crippen LogP contribution in [0.2, 0.25) is 0 Å². The summed E-state index contributed by atoms with van der Waals surface area (Å²) in [4.78, 5) is 11.0. The van der Waals surface area contributed by atoms with Gasteiger partial charge in [-0.2, -0.15) is 0 Å². The van der Waals surface area contributed by atoms with E-state index < -0.39 is 0 Å². The molecule has 0 heterocycles. The lowest BCUT2D eigenvalue weighted by Gasteiger charge is -1.99. The maximum Gasteiger partial charge on any atom is 0.309 e. The molecule has 0 amide bonds. The third-order valence-electron chi connectivity index (χ3n) is 1.87. The highest BCUT2D eigenvalue weighted by molar-refractivity contribution is 9.10. The van der Waals surface area contributed by atoms with E-state index in [0.29, 0.717) is 11.1 Å². The molecular formula is C12H13BrO3. The lowest BCUT2D eigenvalue weighted by molar-refractivity contribution is -0.142. The minimum Gasteiger partial charge on any atom is -0.507 e. The maximum atomic E-state index is 11.0. The van der Waals surface area contributed by atoms with Crippen molar-refractivity contribution in [2.45, 2.75) is 13.3 Å². The van der Waals surface area contributed by atoms with Gasteiger partial charge >= 0.3 is 5.97 Å². The van der Waals surface area contributed by atoms with E-state index in [1.807, 2.05) is 0 Å². The Labute approximate surface area is 103 Å². The first kappa shape index (κ1) is 12.8. The van der Waals surface area contributed by atoms with E-state index in [-0.39, 0.29) is 18.1 Å². The molecule has 0 fully saturated rings. The zero-order valence-electron chi connectivity index (χ0n) is 8.94. The van der Waals surface area contributed by atoms with Gasteiger partial charge < -0.3 is 9.84 Å². The smallest absolute Gasteiger partial charge is 0.309 e. The fourth-order valence-corrected chi connectivity index (χ4v) is 1.53. The molecular weight excluding hydrogens is 272 g/mol. The van der Waals surface area contributed by atoms with Crippen LogP contribution in [-0.4, -0.2) is 17.7 Å². The molecule has 0 aliphatic carbocycles. The van der Waals surface area contributed by atoms with Gasteiger partial charge in [0, 0.05) is 0 Å². The number of halogens is 1. The number of esters is 1. The molecule has 0 radical (unpaired) electrons. The number of benzene rings is 1. The van der Waals surface area contributed by atoms with E-state index in [0.717, 1.165) is 5.56 Å². The first-order valence-corrected chi connectivity index (χ1v) is 5.73. The summed E-state index contributed by atoms with van der Waals surface area (Å²) in [5, 5.41) is 9.28. The third kappa shape index (κ3) is 4.06. The molecule has 0 aliphatic heterocycles. The number of ether oxygens (including phenoxy) is 1. The van der Waals surface area contributed by atoms with Crippen molar-refractivity contribution in [2.75, 3.05) is 6.61 Å². The molecule has 3 nitrogen and oxygen atoms in total. The molecule has 86 valence electrons. The molecule has 1 N–H and O–H groups in total. The van der Waals surface area contributed by atoms with Gasteiger partial charge in [-0.3, -0.25) is 4.79 Å². The lowest BCUT2D eigenvalue weighted by Crippen LogP contribution is -2.01. The summed E-state index contributed by atoms with van der Waals surface area (Å²) in [6.45, 7) is 2.18. The van der Waals surface area contributed by atoms with Crippen LogP contribution in [0.3, 0.4) is 0 Å². The van der Waals surface area contributed by atoms with Gasteiger partial charge in [0.2, 0.25) is 0 Å². The van der Waals surface area contributed by atoms with Crippen LogP contribution in [0, 0.1) is 0 Å². The predicted octanol–water partition coefficient (Wildman–Crippen LogP) is 3.12. The van der Waals surface area contributed by atoms with E-state index in [9.17, 15) is 9.90 Å². The highest BCUT2D eigenvalue weighted by Crippen LogP contribution is 2.24. The van der Waals surface area contributed by atoms with Crippen LogP contribution < -0.4 is 0 Å². The number of carbonyl (C=O) groups excluding carboxylic acids is 1. The molecule has 0 unspecified atom stereocenters. The molecule has 0 saturated carbocycles. The summed E-state index contributed by atoms with van der Waals surface area (Å²) in [5.41, 5.74) is 0.911. The Bertz CT molecular complexity index is 399. The second-order valence-corrected chi connectivity index (χ2v) is 3.98. The maximum absolute atomic E-state index is 11.0. The SMILES string of the molecule is CCOC(=O)CC=Cc1ccc(O)c(Br)c1. The fraction of sp³-hybridized carbons (Fsp3) is 0.250. The van der Waals surface area contributed by atoms with Crippen LogP contribution in [0.5, 0.6) is 5.75 Å². The van der Waals surface area contributed by atoms with Gasteiger partial charge in [-0.1, -0.05) is 18.2 Å². The minimum atomic E-state index is -0.239. The van der Waals surface area contributed by atoms with E-state index >= 15 is 0 Å². The Hall–Kier alpha value is -1.29. The quantitative estimate of drug-likeness (QED) is 0.864. The largest absolute Gasteiger partial charge is 0.507 e. The number of aromatic hydroxyl groups is 1. The van der Waals surface area contributed by atoms with Crippen molar-refractivity contribution >= 4 is 28.0 Å². The van der Waals surface area contributed by atoms with Gasteiger partial charge in [0.1, 0.15) is 5.75 Å². The highest BCUT2D eigenvalue weighted by atomic mass is 79.9. The topological polar surface area (TPSA) is 46.5 Å². The first-order valence-electron chi connectivity index (χ1n) is 4.94. The molecule has 0 spiro atoms. The average molecular weight is 285 g/mol. The molecule has 1 rings (SSSR count). The van der Waals surface area contributed by atoms with Crippen LogP contribution in [0.4, 0.5) is 0 Å². The molecule has 1 aromatic rings. The normalized spacial score (nSPS) is 10.6. The molecule has 0 atom stereocenters. The van der Waals surface area contributed by atoms with Gasteiger partial charge in [-0.05, 0) is 40.5 Å². The summed E-state index contributed by atoms with van der Waals surface area (Å²) in [5.74, 6) is -0.0425. The number of phenols is 1. The average Bonchev–Trinajstić information content (AvgIpc) is 2.24. The van der Waals surface area contributed by atoms with Crippen molar-refractivity contribution < 1.29 is 14.6 Å². The number of phenolic OH excluding ortho intramolecular Hbond substituents is 1. The van der Waals surface area contributed by atoms with Gasteiger partial charge in [0.25, 0.3) is 0 Å². The molecule has 0 aliphatic rings. The predicted molar refractivity (Wildman–Crippen MR) is 66.1 cm³/mol. The second-order valence-electron chi connectivity index (χ2n) is 3.12. The van der Waals surface area contributed by atoms with E-state index in [4.69, 9.17) is 4.74 Å². The molecule has 0 bridgehead atoms. The molecule has 0 aromatic heterocycles. The van der Waals surface area contributed by atoms with Crippen molar-refractivity contribution in [3.63, 3.8) is 0 Å². The highest BCUT2D eigenvalue weighted by Gasteiger charge is 1.98. The number of carbonyl (C=O) groups is 1.